The number of hydrogen-bond acceptors (Lipinski definition) is 2. The van der Waals surface area contributed by atoms with Gasteiger partial charge in [0.2, 0.25) is 0 Å². The third kappa shape index (κ3) is 5.29. The molecule has 2 heteroatoms. The smallest absolute Gasteiger partial charge is 0.0540 e. The van der Waals surface area contributed by atoms with Gasteiger partial charge in [0.1, 0.15) is 0 Å². The molecule has 6 rings (SSSR count). The third-order valence-electron chi connectivity index (χ3n) is 5.81. The summed E-state index contributed by atoms with van der Waals surface area (Å²) in [6.07, 6.45) is 3.68. The molecule has 6 aromatic rings. The van der Waals surface area contributed by atoms with E-state index in [0.29, 0.717) is 0 Å². The lowest BCUT2D eigenvalue weighted by Crippen LogP contribution is -2.10. The van der Waals surface area contributed by atoms with Crippen LogP contribution >= 0.6 is 0 Å². The van der Waals surface area contributed by atoms with Gasteiger partial charge in [-0.15, -0.1) is 0 Å². The van der Waals surface area contributed by atoms with Crippen molar-refractivity contribution in [3.05, 3.63) is 158 Å². The molecule has 1 aromatic heterocycles. The normalized spacial score (nSPS) is 10.3. The first-order valence-electron chi connectivity index (χ1n) is 11.7. The van der Waals surface area contributed by atoms with E-state index >= 15 is 0 Å². The molecule has 1 heterocycles. The highest BCUT2D eigenvalue weighted by molar-refractivity contribution is 5.87. The molecule has 0 bridgehead atoms. The van der Waals surface area contributed by atoms with Crippen LogP contribution in [0.5, 0.6) is 0 Å². The number of nitrogens with zero attached hydrogens (tertiary/aromatic N) is 2. The van der Waals surface area contributed by atoms with E-state index in [4.69, 9.17) is 0 Å². The maximum Gasteiger partial charge on any atom is 0.0540 e. The molecule has 0 atom stereocenters. The number of benzene rings is 5. The summed E-state index contributed by atoms with van der Waals surface area (Å²) < 4.78 is 0. The Morgan fingerprint density at radius 3 is 1.57 bits per heavy atom. The highest BCUT2D eigenvalue weighted by atomic mass is 15.1. The van der Waals surface area contributed by atoms with Gasteiger partial charge in [-0.1, -0.05) is 109 Å². The van der Waals surface area contributed by atoms with Crippen molar-refractivity contribution in [1.82, 2.24) is 4.98 Å². The van der Waals surface area contributed by atoms with E-state index in [9.17, 15) is 0 Å². The van der Waals surface area contributed by atoms with Gasteiger partial charge in [0.25, 0.3) is 0 Å². The number of para-hydroxylation sites is 3. The summed E-state index contributed by atoms with van der Waals surface area (Å²) in [6.45, 7) is 0. The van der Waals surface area contributed by atoms with Gasteiger partial charge < -0.3 is 4.90 Å². The molecule has 35 heavy (non-hydrogen) atoms. The fourth-order valence-electron chi connectivity index (χ4n) is 4.14. The van der Waals surface area contributed by atoms with Gasteiger partial charge in [0.05, 0.1) is 5.69 Å². The largest absolute Gasteiger partial charge is 0.310 e. The molecule has 0 aliphatic heterocycles. The Morgan fingerprint density at radius 2 is 0.943 bits per heavy atom. The van der Waals surface area contributed by atoms with Crippen molar-refractivity contribution in [3.8, 4) is 11.1 Å². The monoisotopic (exact) mass is 450 g/mol. The minimum atomic E-state index is 1.15. The summed E-state index contributed by atoms with van der Waals surface area (Å²) in [5, 5.41) is 2.45. The third-order valence-corrected chi connectivity index (χ3v) is 5.81. The van der Waals surface area contributed by atoms with E-state index < -0.39 is 0 Å². The van der Waals surface area contributed by atoms with Gasteiger partial charge in [-0.2, -0.15) is 0 Å². The fraction of sp³-hybridized carbons (Fsp3) is 0. The van der Waals surface area contributed by atoms with Gasteiger partial charge in [-0.05, 0) is 52.7 Å². The predicted molar refractivity (Wildman–Crippen MR) is 148 cm³/mol. The summed E-state index contributed by atoms with van der Waals surface area (Å²) in [5.41, 5.74) is 5.91. The first-order chi connectivity index (χ1) is 17.4. The standard InChI is InChI=1S/C24H19N.C9H7N/c1-4-12-20(13-5-1)23-18-10-11-19-24(23)25(21-14-6-2-7-15-21)22-16-8-3-9-17-22;1-2-4-9-7-10-6-5-8(9)3-1/h1-19H;1-7H. The molecule has 0 saturated carbocycles. The first kappa shape index (κ1) is 22.1. The molecule has 0 amide bonds. The van der Waals surface area contributed by atoms with Gasteiger partial charge >= 0.3 is 0 Å². The van der Waals surface area contributed by atoms with Crippen molar-refractivity contribution in [2.75, 3.05) is 4.90 Å². The van der Waals surface area contributed by atoms with E-state index in [2.05, 4.69) is 137 Å². The van der Waals surface area contributed by atoms with Crippen LogP contribution < -0.4 is 4.90 Å². The zero-order valence-corrected chi connectivity index (χ0v) is 19.4. The Hall–Kier alpha value is -4.69. The number of aromatic nitrogens is 1. The second-order valence-corrected chi connectivity index (χ2v) is 8.11. The Labute approximate surface area is 206 Å². The van der Waals surface area contributed by atoms with Crippen LogP contribution in [0.4, 0.5) is 17.1 Å². The van der Waals surface area contributed by atoms with Crippen LogP contribution in [0.2, 0.25) is 0 Å². The van der Waals surface area contributed by atoms with Crippen molar-refractivity contribution in [2.24, 2.45) is 0 Å². The van der Waals surface area contributed by atoms with Crippen molar-refractivity contribution in [2.45, 2.75) is 0 Å². The molecule has 0 spiro atoms. The van der Waals surface area contributed by atoms with Crippen LogP contribution in [-0.2, 0) is 0 Å². The van der Waals surface area contributed by atoms with Gasteiger partial charge in [-0.3, -0.25) is 4.98 Å². The Morgan fingerprint density at radius 1 is 0.429 bits per heavy atom. The summed E-state index contributed by atoms with van der Waals surface area (Å²) in [5.74, 6) is 0. The minimum Gasteiger partial charge on any atom is -0.310 e. The minimum absolute atomic E-state index is 1.15. The van der Waals surface area contributed by atoms with E-state index in [1.807, 2.05) is 30.6 Å². The molecule has 0 saturated heterocycles. The second-order valence-electron chi connectivity index (χ2n) is 8.11. The number of fused-ring (bicyclic) bond motifs is 1. The maximum absolute atomic E-state index is 4.01. The lowest BCUT2D eigenvalue weighted by Gasteiger charge is -2.27. The first-order valence-corrected chi connectivity index (χ1v) is 11.7. The maximum atomic E-state index is 4.01. The number of anilines is 3. The van der Waals surface area contributed by atoms with E-state index in [1.165, 1.54) is 27.6 Å². The molecule has 0 N–H and O–H groups in total. The lowest BCUT2D eigenvalue weighted by molar-refractivity contribution is 1.28. The molecule has 2 nitrogen and oxygen atoms in total. The summed E-state index contributed by atoms with van der Waals surface area (Å²) >= 11 is 0. The quantitative estimate of drug-likeness (QED) is 0.266. The van der Waals surface area contributed by atoms with Crippen molar-refractivity contribution in [3.63, 3.8) is 0 Å². The number of pyridine rings is 1. The lowest BCUT2D eigenvalue weighted by atomic mass is 10.0. The van der Waals surface area contributed by atoms with E-state index in [0.717, 1.165) is 11.4 Å². The van der Waals surface area contributed by atoms with Crippen LogP contribution in [0.15, 0.2) is 158 Å². The molecule has 5 aromatic carbocycles. The van der Waals surface area contributed by atoms with Crippen LogP contribution in [0, 0.1) is 0 Å². The SMILES string of the molecule is c1ccc(-c2ccccc2N(c2ccccc2)c2ccccc2)cc1.c1ccc2cnccc2c1. The zero-order chi connectivity index (χ0) is 23.7. The highest BCUT2D eigenvalue weighted by Gasteiger charge is 2.15. The van der Waals surface area contributed by atoms with Crippen LogP contribution in [0.25, 0.3) is 21.9 Å². The Balaban J connectivity index is 0.000000211. The van der Waals surface area contributed by atoms with Crippen LogP contribution in [0.1, 0.15) is 0 Å². The molecule has 0 aliphatic carbocycles. The summed E-state index contributed by atoms with van der Waals surface area (Å²) in [4.78, 5) is 6.32. The molecule has 0 radical (unpaired) electrons. The summed E-state index contributed by atoms with van der Waals surface area (Å²) in [7, 11) is 0. The number of rotatable bonds is 4. The van der Waals surface area contributed by atoms with Crippen molar-refractivity contribution in [1.29, 1.82) is 0 Å². The Kier molecular flexibility index (Phi) is 6.92. The van der Waals surface area contributed by atoms with E-state index in [1.54, 1.807) is 0 Å². The average Bonchev–Trinajstić information content (AvgIpc) is 2.96. The topological polar surface area (TPSA) is 16.1 Å². The van der Waals surface area contributed by atoms with Crippen LogP contribution in [0.3, 0.4) is 0 Å². The summed E-state index contributed by atoms with van der Waals surface area (Å²) in [6, 6.07) is 50.3. The van der Waals surface area contributed by atoms with Crippen LogP contribution in [-0.4, -0.2) is 4.98 Å². The van der Waals surface area contributed by atoms with Crippen molar-refractivity contribution < 1.29 is 0 Å². The predicted octanol–water partition coefficient (Wildman–Crippen LogP) is 9.06. The van der Waals surface area contributed by atoms with Crippen molar-refractivity contribution >= 4 is 27.8 Å². The molecule has 0 unspecified atom stereocenters. The average molecular weight is 451 g/mol. The zero-order valence-electron chi connectivity index (χ0n) is 19.4. The van der Waals surface area contributed by atoms with Gasteiger partial charge in [-0.25, -0.2) is 0 Å². The fourth-order valence-corrected chi connectivity index (χ4v) is 4.14. The molecule has 0 fully saturated rings. The molecular weight excluding hydrogens is 424 g/mol. The van der Waals surface area contributed by atoms with Gasteiger partial charge in [0.15, 0.2) is 0 Å². The highest BCUT2D eigenvalue weighted by Crippen LogP contribution is 2.40. The molecule has 168 valence electrons. The number of hydrogen-bond donors (Lipinski definition) is 0. The van der Waals surface area contributed by atoms with E-state index in [-0.39, 0.29) is 0 Å². The Bertz CT molecular complexity index is 1370. The second kappa shape index (κ2) is 11.0. The molecule has 0 aliphatic rings. The van der Waals surface area contributed by atoms with Gasteiger partial charge in [0, 0.05) is 29.3 Å². The molecular formula is C33H26N2.